The van der Waals surface area contributed by atoms with Gasteiger partial charge in [-0.15, -0.1) is 11.3 Å². The van der Waals surface area contributed by atoms with Crippen molar-refractivity contribution in [2.45, 2.75) is 71.1 Å². The Bertz CT molecular complexity index is 686. The lowest BCUT2D eigenvalue weighted by molar-refractivity contribution is -0.116. The second-order valence-electron chi connectivity index (χ2n) is 7.47. The maximum atomic E-state index is 12.1. The average Bonchev–Trinajstić information content (AvgIpc) is 3.31. The molecule has 3 rings (SSSR count). The Balaban J connectivity index is 1.45. The molecule has 0 bridgehead atoms. The molecule has 1 aliphatic rings. The zero-order valence-electron chi connectivity index (χ0n) is 15.8. The van der Waals surface area contributed by atoms with E-state index >= 15 is 0 Å². The summed E-state index contributed by atoms with van der Waals surface area (Å²) in [4.78, 5) is 17.7. The van der Waals surface area contributed by atoms with Crippen molar-refractivity contribution in [3.63, 3.8) is 0 Å². The Morgan fingerprint density at radius 1 is 1.19 bits per heavy atom. The molecule has 1 saturated carbocycles. The van der Waals surface area contributed by atoms with E-state index in [1.54, 1.807) is 11.3 Å². The summed E-state index contributed by atoms with van der Waals surface area (Å²) < 4.78 is 0. The monoisotopic (exact) mass is 370 g/mol. The fourth-order valence-corrected chi connectivity index (χ4v) is 4.53. The lowest BCUT2D eigenvalue weighted by Gasteiger charge is -2.07. The first kappa shape index (κ1) is 19.1. The molecular formula is C22H30N2OS. The smallest absolute Gasteiger partial charge is 0.226 e. The van der Waals surface area contributed by atoms with E-state index in [1.807, 2.05) is 6.20 Å². The molecule has 1 amide bonds. The number of anilines is 1. The van der Waals surface area contributed by atoms with Crippen LogP contribution < -0.4 is 5.32 Å². The molecule has 3 nitrogen and oxygen atoms in total. The van der Waals surface area contributed by atoms with Gasteiger partial charge in [0.2, 0.25) is 5.91 Å². The van der Waals surface area contributed by atoms with E-state index in [1.165, 1.54) is 54.5 Å². The first-order chi connectivity index (χ1) is 12.7. The summed E-state index contributed by atoms with van der Waals surface area (Å²) in [6, 6.07) is 8.89. The fourth-order valence-electron chi connectivity index (χ4n) is 3.67. The summed E-state index contributed by atoms with van der Waals surface area (Å²) in [6.07, 6.45) is 13.3. The molecule has 1 fully saturated rings. The molecule has 0 aliphatic heterocycles. The standard InChI is InChI=1S/C22H30N2OS/c1-2-3-6-18-9-11-19(12-10-18)15-20-16-23-22(26-20)24-21(25)14-13-17-7-4-5-8-17/h9-12,16-17H,2-8,13-15H2,1H3,(H,23,24,25). The first-order valence-corrected chi connectivity index (χ1v) is 10.9. The predicted molar refractivity (Wildman–Crippen MR) is 110 cm³/mol. The molecule has 1 aliphatic carbocycles. The summed E-state index contributed by atoms with van der Waals surface area (Å²) >= 11 is 1.59. The van der Waals surface area contributed by atoms with Gasteiger partial charge in [0.15, 0.2) is 5.13 Å². The summed E-state index contributed by atoms with van der Waals surface area (Å²) in [5.74, 6) is 0.867. The van der Waals surface area contributed by atoms with Crippen molar-refractivity contribution in [2.24, 2.45) is 5.92 Å². The highest BCUT2D eigenvalue weighted by atomic mass is 32.1. The normalized spacial score (nSPS) is 14.7. The van der Waals surface area contributed by atoms with Crippen molar-refractivity contribution in [3.8, 4) is 0 Å². The molecule has 0 radical (unpaired) electrons. The van der Waals surface area contributed by atoms with Crippen LogP contribution in [0.1, 0.15) is 74.3 Å². The molecule has 0 spiro atoms. The quantitative estimate of drug-likeness (QED) is 0.589. The van der Waals surface area contributed by atoms with Crippen molar-refractivity contribution in [2.75, 3.05) is 5.32 Å². The van der Waals surface area contributed by atoms with E-state index < -0.39 is 0 Å². The molecule has 0 unspecified atom stereocenters. The third kappa shape index (κ3) is 5.94. The zero-order valence-corrected chi connectivity index (χ0v) is 16.6. The molecule has 0 saturated heterocycles. The zero-order chi connectivity index (χ0) is 18.2. The number of hydrogen-bond donors (Lipinski definition) is 1. The molecule has 140 valence electrons. The molecule has 2 aromatic rings. The lowest BCUT2D eigenvalue weighted by atomic mass is 10.0. The van der Waals surface area contributed by atoms with Gasteiger partial charge in [0.1, 0.15) is 0 Å². The highest BCUT2D eigenvalue weighted by molar-refractivity contribution is 7.15. The van der Waals surface area contributed by atoms with Crippen LogP contribution in [-0.2, 0) is 17.6 Å². The van der Waals surface area contributed by atoms with Crippen molar-refractivity contribution in [1.29, 1.82) is 0 Å². The first-order valence-electron chi connectivity index (χ1n) is 10.1. The number of nitrogens with one attached hydrogen (secondary N) is 1. The Kier molecular flexibility index (Phi) is 7.24. The third-order valence-corrected chi connectivity index (χ3v) is 6.19. The maximum absolute atomic E-state index is 12.1. The summed E-state index contributed by atoms with van der Waals surface area (Å²) in [7, 11) is 0. The Morgan fingerprint density at radius 2 is 1.92 bits per heavy atom. The molecule has 1 aromatic heterocycles. The van der Waals surface area contributed by atoms with Crippen LogP contribution in [0.5, 0.6) is 0 Å². The SMILES string of the molecule is CCCCc1ccc(Cc2cnc(NC(=O)CCC3CCCC3)s2)cc1. The van der Waals surface area contributed by atoms with Crippen LogP contribution in [0.4, 0.5) is 5.13 Å². The van der Waals surface area contributed by atoms with Gasteiger partial charge in [0, 0.05) is 23.9 Å². The van der Waals surface area contributed by atoms with Gasteiger partial charge < -0.3 is 5.32 Å². The van der Waals surface area contributed by atoms with Gasteiger partial charge in [-0.2, -0.15) is 0 Å². The number of carbonyl (C=O) groups is 1. The molecule has 1 N–H and O–H groups in total. The molecular weight excluding hydrogens is 340 g/mol. The number of rotatable bonds is 9. The minimum absolute atomic E-state index is 0.109. The van der Waals surface area contributed by atoms with E-state index in [2.05, 4.69) is 41.5 Å². The molecule has 1 heterocycles. The van der Waals surface area contributed by atoms with Crippen LogP contribution in [0.25, 0.3) is 0 Å². The molecule has 1 aromatic carbocycles. The second kappa shape index (κ2) is 9.86. The Hall–Kier alpha value is -1.68. The van der Waals surface area contributed by atoms with Gasteiger partial charge >= 0.3 is 0 Å². The molecule has 26 heavy (non-hydrogen) atoms. The van der Waals surface area contributed by atoms with Crippen molar-refractivity contribution >= 4 is 22.4 Å². The number of amides is 1. The number of aryl methyl sites for hydroxylation is 1. The third-order valence-electron chi connectivity index (χ3n) is 5.27. The van der Waals surface area contributed by atoms with Crippen LogP contribution in [-0.4, -0.2) is 10.9 Å². The van der Waals surface area contributed by atoms with Crippen molar-refractivity contribution in [3.05, 3.63) is 46.5 Å². The van der Waals surface area contributed by atoms with E-state index in [0.717, 1.165) is 30.3 Å². The summed E-state index contributed by atoms with van der Waals surface area (Å²) in [6.45, 7) is 2.23. The van der Waals surface area contributed by atoms with Gasteiger partial charge in [-0.25, -0.2) is 4.98 Å². The fraction of sp³-hybridized carbons (Fsp3) is 0.545. The van der Waals surface area contributed by atoms with Gasteiger partial charge in [-0.1, -0.05) is 63.3 Å². The molecule has 0 atom stereocenters. The van der Waals surface area contributed by atoms with Gasteiger partial charge in [0.05, 0.1) is 0 Å². The second-order valence-corrected chi connectivity index (χ2v) is 8.58. The van der Waals surface area contributed by atoms with Crippen LogP contribution in [0, 0.1) is 5.92 Å². The topological polar surface area (TPSA) is 42.0 Å². The lowest BCUT2D eigenvalue weighted by Crippen LogP contribution is -2.12. The number of unbranched alkanes of at least 4 members (excludes halogenated alkanes) is 1. The van der Waals surface area contributed by atoms with Crippen molar-refractivity contribution < 1.29 is 4.79 Å². The van der Waals surface area contributed by atoms with Crippen LogP contribution in [0.2, 0.25) is 0 Å². The summed E-state index contributed by atoms with van der Waals surface area (Å²) in [5.41, 5.74) is 2.71. The van der Waals surface area contributed by atoms with E-state index in [9.17, 15) is 4.79 Å². The van der Waals surface area contributed by atoms with Crippen LogP contribution >= 0.6 is 11.3 Å². The van der Waals surface area contributed by atoms with Gasteiger partial charge in [-0.3, -0.25) is 4.79 Å². The number of benzene rings is 1. The largest absolute Gasteiger partial charge is 0.302 e. The Labute approximate surface area is 161 Å². The van der Waals surface area contributed by atoms with Crippen LogP contribution in [0.3, 0.4) is 0 Å². The number of hydrogen-bond acceptors (Lipinski definition) is 3. The number of thiazole rings is 1. The average molecular weight is 371 g/mol. The Morgan fingerprint density at radius 3 is 2.65 bits per heavy atom. The van der Waals surface area contributed by atoms with Gasteiger partial charge in [-0.05, 0) is 36.3 Å². The van der Waals surface area contributed by atoms with E-state index in [-0.39, 0.29) is 5.91 Å². The maximum Gasteiger partial charge on any atom is 0.226 e. The number of nitrogens with zero attached hydrogens (tertiary/aromatic N) is 1. The van der Waals surface area contributed by atoms with Crippen LogP contribution in [0.15, 0.2) is 30.5 Å². The number of aromatic nitrogens is 1. The van der Waals surface area contributed by atoms with E-state index in [0.29, 0.717) is 6.42 Å². The highest BCUT2D eigenvalue weighted by Crippen LogP contribution is 2.29. The van der Waals surface area contributed by atoms with E-state index in [4.69, 9.17) is 0 Å². The minimum atomic E-state index is 0.109. The van der Waals surface area contributed by atoms with Crippen molar-refractivity contribution in [1.82, 2.24) is 4.98 Å². The molecule has 4 heteroatoms. The van der Waals surface area contributed by atoms with Gasteiger partial charge in [0.25, 0.3) is 0 Å². The minimum Gasteiger partial charge on any atom is -0.302 e. The number of carbonyl (C=O) groups excluding carboxylic acids is 1. The predicted octanol–water partition coefficient (Wildman–Crippen LogP) is 5.99. The highest BCUT2D eigenvalue weighted by Gasteiger charge is 2.16. The summed E-state index contributed by atoms with van der Waals surface area (Å²) in [5, 5.41) is 3.71.